The van der Waals surface area contributed by atoms with Crippen LogP contribution in [0, 0.1) is 20.8 Å². The summed E-state index contributed by atoms with van der Waals surface area (Å²) in [7, 11) is 0. The minimum atomic E-state index is -0.136. The van der Waals surface area contributed by atoms with Gasteiger partial charge in [0.1, 0.15) is 11.5 Å². The number of carbonyl (C=O) groups excluding carboxylic acids is 1. The molecule has 88 valence electrons. The number of hydrogen-bond donors (Lipinski definition) is 2. The van der Waals surface area contributed by atoms with E-state index in [9.17, 15) is 4.79 Å². The monoisotopic (exact) mass is 240 g/mol. The van der Waals surface area contributed by atoms with Crippen LogP contribution in [0.15, 0.2) is 4.42 Å². The van der Waals surface area contributed by atoms with Crippen LogP contribution in [0.25, 0.3) is 0 Å². The maximum absolute atomic E-state index is 11.8. The predicted molar refractivity (Wildman–Crippen MR) is 66.7 cm³/mol. The van der Waals surface area contributed by atoms with E-state index in [4.69, 9.17) is 22.4 Å². The molecule has 0 aromatic carbocycles. The van der Waals surface area contributed by atoms with Gasteiger partial charge in [-0.3, -0.25) is 4.79 Å². The lowest BCUT2D eigenvalue weighted by Crippen LogP contribution is -2.28. The zero-order valence-electron chi connectivity index (χ0n) is 9.72. The quantitative estimate of drug-likeness (QED) is 0.785. The van der Waals surface area contributed by atoms with Crippen LogP contribution in [0.1, 0.15) is 33.9 Å². The molecule has 4 nitrogen and oxygen atoms in total. The number of nitrogens with two attached hydrogens (primary N) is 1. The van der Waals surface area contributed by atoms with E-state index in [0.717, 1.165) is 11.3 Å². The number of hydrogen-bond acceptors (Lipinski definition) is 3. The summed E-state index contributed by atoms with van der Waals surface area (Å²) >= 11 is 4.73. The Balaban J connectivity index is 2.70. The summed E-state index contributed by atoms with van der Waals surface area (Å²) in [6.07, 6.45) is 0.510. The van der Waals surface area contributed by atoms with E-state index in [1.165, 1.54) is 0 Å². The van der Waals surface area contributed by atoms with E-state index in [-0.39, 0.29) is 5.91 Å². The van der Waals surface area contributed by atoms with Crippen LogP contribution in [0.4, 0.5) is 0 Å². The van der Waals surface area contributed by atoms with Gasteiger partial charge in [0.15, 0.2) is 0 Å². The largest absolute Gasteiger partial charge is 0.466 e. The van der Waals surface area contributed by atoms with Gasteiger partial charge in [0.2, 0.25) is 0 Å². The third-order valence-corrected chi connectivity index (χ3v) is 2.65. The van der Waals surface area contributed by atoms with Gasteiger partial charge in [-0.2, -0.15) is 0 Å². The second-order valence-corrected chi connectivity index (χ2v) is 4.21. The average Bonchev–Trinajstić information content (AvgIpc) is 2.40. The molecular formula is C11H16N2O2S. The Bertz CT molecular complexity index is 424. The highest BCUT2D eigenvalue weighted by atomic mass is 32.1. The third kappa shape index (κ3) is 2.82. The molecule has 0 saturated heterocycles. The van der Waals surface area contributed by atoms with Crippen LogP contribution in [0.3, 0.4) is 0 Å². The van der Waals surface area contributed by atoms with E-state index in [0.29, 0.717) is 29.3 Å². The maximum atomic E-state index is 11.8. The molecule has 1 aromatic heterocycles. The molecule has 0 aliphatic rings. The first kappa shape index (κ1) is 12.7. The number of aryl methyl sites for hydroxylation is 2. The van der Waals surface area contributed by atoms with Gasteiger partial charge < -0.3 is 15.5 Å². The van der Waals surface area contributed by atoms with Crippen molar-refractivity contribution < 1.29 is 9.21 Å². The van der Waals surface area contributed by atoms with Crippen LogP contribution in [0.2, 0.25) is 0 Å². The molecular weight excluding hydrogens is 224 g/mol. The van der Waals surface area contributed by atoms with Crippen molar-refractivity contribution >= 4 is 23.1 Å². The van der Waals surface area contributed by atoms with Crippen LogP contribution >= 0.6 is 12.2 Å². The first-order valence-corrected chi connectivity index (χ1v) is 5.47. The van der Waals surface area contributed by atoms with E-state index >= 15 is 0 Å². The van der Waals surface area contributed by atoms with Gasteiger partial charge in [0.25, 0.3) is 5.91 Å². The molecule has 0 spiro atoms. The lowest BCUT2D eigenvalue weighted by molar-refractivity contribution is 0.0953. The van der Waals surface area contributed by atoms with Crippen LogP contribution in [0.5, 0.6) is 0 Å². The Hall–Kier alpha value is -1.36. The Morgan fingerprint density at radius 1 is 1.38 bits per heavy atom. The van der Waals surface area contributed by atoms with Gasteiger partial charge in [-0.05, 0) is 20.8 Å². The van der Waals surface area contributed by atoms with Crippen LogP contribution in [-0.2, 0) is 0 Å². The fraction of sp³-hybridized carbons (Fsp3) is 0.455. The molecule has 0 bridgehead atoms. The number of amides is 1. The Labute approximate surface area is 100 Å². The molecule has 0 saturated carbocycles. The van der Waals surface area contributed by atoms with Crippen molar-refractivity contribution in [2.45, 2.75) is 27.2 Å². The normalized spacial score (nSPS) is 10.2. The topological polar surface area (TPSA) is 68.3 Å². The molecule has 0 aliphatic heterocycles. The molecule has 0 fully saturated rings. The lowest BCUT2D eigenvalue weighted by Gasteiger charge is -2.04. The predicted octanol–water partition coefficient (Wildman–Crippen LogP) is 1.61. The summed E-state index contributed by atoms with van der Waals surface area (Å²) in [6.45, 7) is 5.95. The standard InChI is InChI=1S/C11H16N2O2S/c1-6-7(2)15-8(3)10(6)11(14)13-5-4-9(12)16/h4-5H2,1-3H3,(H2,12,16)(H,13,14). The highest BCUT2D eigenvalue weighted by Gasteiger charge is 2.17. The van der Waals surface area contributed by atoms with Gasteiger partial charge in [-0.15, -0.1) is 0 Å². The molecule has 1 heterocycles. The summed E-state index contributed by atoms with van der Waals surface area (Å²) in [4.78, 5) is 12.2. The van der Waals surface area contributed by atoms with Crippen LogP contribution in [-0.4, -0.2) is 17.4 Å². The van der Waals surface area contributed by atoms with Crippen molar-refractivity contribution in [3.05, 3.63) is 22.6 Å². The summed E-state index contributed by atoms with van der Waals surface area (Å²) < 4.78 is 5.38. The van der Waals surface area contributed by atoms with Crippen molar-refractivity contribution in [2.24, 2.45) is 5.73 Å². The summed E-state index contributed by atoms with van der Waals surface area (Å²) in [5, 5.41) is 2.76. The van der Waals surface area contributed by atoms with Crippen molar-refractivity contribution in [3.8, 4) is 0 Å². The Morgan fingerprint density at radius 3 is 2.44 bits per heavy atom. The fourth-order valence-electron chi connectivity index (χ4n) is 1.52. The second kappa shape index (κ2) is 5.12. The van der Waals surface area contributed by atoms with Gasteiger partial charge in [-0.25, -0.2) is 0 Å². The van der Waals surface area contributed by atoms with E-state index in [1.54, 1.807) is 6.92 Å². The van der Waals surface area contributed by atoms with Gasteiger partial charge in [-0.1, -0.05) is 12.2 Å². The third-order valence-electron chi connectivity index (χ3n) is 2.45. The summed E-state index contributed by atoms with van der Waals surface area (Å²) in [5.74, 6) is 1.28. The number of furan rings is 1. The Morgan fingerprint density at radius 2 is 2.00 bits per heavy atom. The maximum Gasteiger partial charge on any atom is 0.255 e. The van der Waals surface area contributed by atoms with Crippen molar-refractivity contribution in [1.82, 2.24) is 5.32 Å². The molecule has 1 rings (SSSR count). The molecule has 1 amide bonds. The van der Waals surface area contributed by atoms with E-state index in [2.05, 4.69) is 5.32 Å². The van der Waals surface area contributed by atoms with Gasteiger partial charge >= 0.3 is 0 Å². The minimum absolute atomic E-state index is 0.136. The Kier molecular flexibility index (Phi) is 4.06. The van der Waals surface area contributed by atoms with E-state index in [1.807, 2.05) is 13.8 Å². The van der Waals surface area contributed by atoms with E-state index < -0.39 is 0 Å². The summed E-state index contributed by atoms with van der Waals surface area (Å²) in [6, 6.07) is 0. The zero-order valence-corrected chi connectivity index (χ0v) is 10.5. The second-order valence-electron chi connectivity index (χ2n) is 3.69. The van der Waals surface area contributed by atoms with Crippen molar-refractivity contribution in [1.29, 1.82) is 0 Å². The first-order valence-electron chi connectivity index (χ1n) is 5.06. The number of rotatable bonds is 4. The highest BCUT2D eigenvalue weighted by molar-refractivity contribution is 7.80. The lowest BCUT2D eigenvalue weighted by atomic mass is 10.1. The molecule has 0 aliphatic carbocycles. The van der Waals surface area contributed by atoms with Gasteiger partial charge in [0.05, 0.1) is 10.6 Å². The van der Waals surface area contributed by atoms with Crippen molar-refractivity contribution in [2.75, 3.05) is 6.54 Å². The molecule has 0 radical (unpaired) electrons. The fourth-order valence-corrected chi connectivity index (χ4v) is 1.62. The number of thiocarbonyl (C=S) groups is 1. The zero-order chi connectivity index (χ0) is 12.3. The first-order chi connectivity index (χ1) is 7.43. The van der Waals surface area contributed by atoms with Gasteiger partial charge in [0, 0.05) is 18.5 Å². The molecule has 16 heavy (non-hydrogen) atoms. The molecule has 0 atom stereocenters. The molecule has 1 aromatic rings. The number of nitrogens with one attached hydrogen (secondary N) is 1. The van der Waals surface area contributed by atoms with Crippen molar-refractivity contribution in [3.63, 3.8) is 0 Å². The summed E-state index contributed by atoms with van der Waals surface area (Å²) in [5.41, 5.74) is 6.83. The molecule has 5 heteroatoms. The SMILES string of the molecule is Cc1oc(C)c(C(=O)NCCC(N)=S)c1C. The average molecular weight is 240 g/mol. The van der Waals surface area contributed by atoms with Crippen LogP contribution < -0.4 is 11.1 Å². The minimum Gasteiger partial charge on any atom is -0.466 e. The highest BCUT2D eigenvalue weighted by Crippen LogP contribution is 2.20. The molecule has 0 unspecified atom stereocenters. The number of carbonyl (C=O) groups is 1. The smallest absolute Gasteiger partial charge is 0.255 e. The molecule has 3 N–H and O–H groups in total.